The van der Waals surface area contributed by atoms with Crippen molar-refractivity contribution in [2.24, 2.45) is 0 Å². The molecule has 5 nitrogen and oxygen atoms in total. The molecule has 0 atom stereocenters. The van der Waals surface area contributed by atoms with Gasteiger partial charge in [-0.2, -0.15) is 0 Å². The summed E-state index contributed by atoms with van der Waals surface area (Å²) in [5.74, 6) is 0.425. The van der Waals surface area contributed by atoms with E-state index >= 15 is 0 Å². The third-order valence-electron chi connectivity index (χ3n) is 4.49. The molecule has 0 fully saturated rings. The topological polar surface area (TPSA) is 68.9 Å². The van der Waals surface area contributed by atoms with Gasteiger partial charge in [0.2, 0.25) is 5.75 Å². The molecule has 1 aromatic carbocycles. The number of hydrogen-bond acceptors (Lipinski definition) is 5. The molecule has 0 radical (unpaired) electrons. The highest BCUT2D eigenvalue weighted by molar-refractivity contribution is 5.86. The Kier molecular flexibility index (Phi) is 9.26. The Morgan fingerprint density at radius 2 is 1.87 bits per heavy atom. The molecule has 2 rings (SSSR count). The Labute approximate surface area is 178 Å². The second kappa shape index (κ2) is 11.9. The first-order valence-electron chi connectivity index (χ1n) is 10.4. The van der Waals surface area contributed by atoms with E-state index in [0.717, 1.165) is 25.7 Å². The number of hydrogen-bond donors (Lipinski definition) is 1. The molecular weight excluding hydrogens is 380 g/mol. The predicted octanol–water partition coefficient (Wildman–Crippen LogP) is 6.31. The third kappa shape index (κ3) is 7.14. The van der Waals surface area contributed by atoms with Gasteiger partial charge in [0.15, 0.2) is 5.75 Å². The number of phenolic OH excluding ortho intramolecular Hbond substituents is 1. The zero-order valence-electron chi connectivity index (χ0n) is 18.4. The van der Waals surface area contributed by atoms with E-state index in [2.05, 4.69) is 32.9 Å². The summed E-state index contributed by atoms with van der Waals surface area (Å²) in [6.45, 7) is 8.94. The first kappa shape index (κ1) is 23.3. The van der Waals surface area contributed by atoms with Gasteiger partial charge in [0, 0.05) is 6.07 Å². The van der Waals surface area contributed by atoms with Gasteiger partial charge in [0.25, 0.3) is 0 Å². The maximum absolute atomic E-state index is 12.5. The fourth-order valence-corrected chi connectivity index (χ4v) is 2.88. The lowest BCUT2D eigenvalue weighted by Gasteiger charge is -2.13. The molecule has 1 N–H and O–H groups in total. The van der Waals surface area contributed by atoms with Crippen molar-refractivity contribution >= 4 is 11.0 Å². The van der Waals surface area contributed by atoms with Crippen LogP contribution in [0.1, 0.15) is 53.4 Å². The zero-order valence-corrected chi connectivity index (χ0v) is 18.4. The molecule has 5 heteroatoms. The van der Waals surface area contributed by atoms with Crippen LogP contribution in [0.25, 0.3) is 11.0 Å². The smallest absolute Gasteiger partial charge is 0.383 e. The standard InChI is InChI=1S/C25H32O5/c1-5-6-7-8-15-28-23-21-13-12-20(26)17-22(21)30-25(27)24(23)29-16-14-19(4)11-9-10-18(2)3/h6-7,10,12-14,17,26H,5,8-9,11,15-16H2,1-4H3/b7-6?,19-14+. The Bertz CT molecular complexity index is 975. The van der Waals surface area contributed by atoms with Crippen molar-refractivity contribution in [2.75, 3.05) is 13.2 Å². The number of phenols is 1. The summed E-state index contributed by atoms with van der Waals surface area (Å²) < 4.78 is 17.0. The Balaban J connectivity index is 2.22. The lowest BCUT2D eigenvalue weighted by molar-refractivity contribution is 0.279. The minimum Gasteiger partial charge on any atom is -0.508 e. The Morgan fingerprint density at radius 1 is 1.07 bits per heavy atom. The fourth-order valence-electron chi connectivity index (χ4n) is 2.88. The molecule has 1 aromatic heterocycles. The molecule has 0 aliphatic heterocycles. The highest BCUT2D eigenvalue weighted by atomic mass is 16.5. The molecule has 1 heterocycles. The lowest BCUT2D eigenvalue weighted by atomic mass is 10.1. The van der Waals surface area contributed by atoms with E-state index in [-0.39, 0.29) is 23.7 Å². The van der Waals surface area contributed by atoms with Crippen LogP contribution in [0.15, 0.2) is 62.9 Å². The lowest BCUT2D eigenvalue weighted by Crippen LogP contribution is -2.11. The largest absolute Gasteiger partial charge is 0.508 e. The second-order valence-corrected chi connectivity index (χ2v) is 7.43. The summed E-state index contributed by atoms with van der Waals surface area (Å²) in [7, 11) is 0. The molecule has 0 bridgehead atoms. The monoisotopic (exact) mass is 412 g/mol. The van der Waals surface area contributed by atoms with Crippen molar-refractivity contribution in [1.29, 1.82) is 0 Å². The normalized spacial score (nSPS) is 11.8. The zero-order chi connectivity index (χ0) is 21.9. The molecule has 2 aromatic rings. The molecule has 0 saturated carbocycles. The number of rotatable bonds is 11. The van der Waals surface area contributed by atoms with Gasteiger partial charge in [-0.25, -0.2) is 4.79 Å². The van der Waals surface area contributed by atoms with Crippen LogP contribution in [0, 0.1) is 0 Å². The number of benzene rings is 1. The minimum atomic E-state index is -0.622. The van der Waals surface area contributed by atoms with E-state index in [1.807, 2.05) is 19.1 Å². The van der Waals surface area contributed by atoms with Crippen LogP contribution < -0.4 is 15.1 Å². The number of fused-ring (bicyclic) bond motifs is 1. The minimum absolute atomic E-state index is 0.0195. The van der Waals surface area contributed by atoms with Crippen LogP contribution in [-0.4, -0.2) is 18.3 Å². The van der Waals surface area contributed by atoms with Gasteiger partial charge in [-0.15, -0.1) is 0 Å². The second-order valence-electron chi connectivity index (χ2n) is 7.43. The quantitative estimate of drug-likeness (QED) is 0.266. The van der Waals surface area contributed by atoms with Gasteiger partial charge in [0.1, 0.15) is 17.9 Å². The van der Waals surface area contributed by atoms with Gasteiger partial charge in [-0.05, 0) is 64.7 Å². The number of allylic oxidation sites excluding steroid dienone is 4. The molecule has 0 aliphatic carbocycles. The average molecular weight is 413 g/mol. The predicted molar refractivity (Wildman–Crippen MR) is 122 cm³/mol. The van der Waals surface area contributed by atoms with Crippen molar-refractivity contribution in [3.05, 3.63) is 64.1 Å². The third-order valence-corrected chi connectivity index (χ3v) is 4.49. The summed E-state index contributed by atoms with van der Waals surface area (Å²) in [6, 6.07) is 4.60. The van der Waals surface area contributed by atoms with E-state index in [1.165, 1.54) is 23.3 Å². The fraction of sp³-hybridized carbons (Fsp3) is 0.400. The molecule has 162 valence electrons. The van der Waals surface area contributed by atoms with E-state index in [4.69, 9.17) is 13.9 Å². The summed E-state index contributed by atoms with van der Waals surface area (Å²) in [6.07, 6.45) is 11.9. The molecule has 0 amide bonds. The van der Waals surface area contributed by atoms with Crippen molar-refractivity contribution in [1.82, 2.24) is 0 Å². The van der Waals surface area contributed by atoms with Crippen LogP contribution in [0.5, 0.6) is 17.2 Å². The maximum Gasteiger partial charge on any atom is 0.383 e. The number of ether oxygens (including phenoxy) is 2. The first-order valence-corrected chi connectivity index (χ1v) is 10.4. The molecule has 0 aliphatic rings. The van der Waals surface area contributed by atoms with Gasteiger partial charge < -0.3 is 19.0 Å². The van der Waals surface area contributed by atoms with Gasteiger partial charge in [-0.1, -0.05) is 36.3 Å². The van der Waals surface area contributed by atoms with Crippen molar-refractivity contribution < 1.29 is 19.0 Å². The SMILES string of the molecule is CCC=CCCOc1c(OC/C=C(\C)CCC=C(C)C)c(=O)oc2cc(O)ccc12. The van der Waals surface area contributed by atoms with E-state index in [1.54, 1.807) is 6.07 Å². The average Bonchev–Trinajstić information content (AvgIpc) is 2.68. The molecule has 30 heavy (non-hydrogen) atoms. The van der Waals surface area contributed by atoms with Gasteiger partial charge >= 0.3 is 5.63 Å². The van der Waals surface area contributed by atoms with Gasteiger partial charge in [0.05, 0.1) is 12.0 Å². The highest BCUT2D eigenvalue weighted by Gasteiger charge is 2.18. The van der Waals surface area contributed by atoms with Crippen LogP contribution in [0.2, 0.25) is 0 Å². The summed E-state index contributed by atoms with van der Waals surface area (Å²) in [5, 5.41) is 10.3. The maximum atomic E-state index is 12.5. The Hall–Kier alpha value is -2.95. The molecular formula is C25H32O5. The summed E-state index contributed by atoms with van der Waals surface area (Å²) in [5.41, 5.74) is 2.13. The molecule has 0 unspecified atom stereocenters. The van der Waals surface area contributed by atoms with Crippen molar-refractivity contribution in [3.8, 4) is 17.2 Å². The first-order chi connectivity index (χ1) is 14.4. The van der Waals surface area contributed by atoms with Crippen molar-refractivity contribution in [3.63, 3.8) is 0 Å². The van der Waals surface area contributed by atoms with Crippen LogP contribution in [0.3, 0.4) is 0 Å². The number of aromatic hydroxyl groups is 1. The highest BCUT2D eigenvalue weighted by Crippen LogP contribution is 2.34. The van der Waals surface area contributed by atoms with Gasteiger partial charge in [-0.3, -0.25) is 0 Å². The summed E-state index contributed by atoms with van der Waals surface area (Å²) >= 11 is 0. The Morgan fingerprint density at radius 3 is 2.60 bits per heavy atom. The summed E-state index contributed by atoms with van der Waals surface area (Å²) in [4.78, 5) is 12.5. The van der Waals surface area contributed by atoms with E-state index in [0.29, 0.717) is 17.7 Å². The van der Waals surface area contributed by atoms with E-state index < -0.39 is 5.63 Å². The van der Waals surface area contributed by atoms with E-state index in [9.17, 15) is 9.90 Å². The van der Waals surface area contributed by atoms with Crippen LogP contribution in [0.4, 0.5) is 0 Å². The molecule has 0 spiro atoms. The van der Waals surface area contributed by atoms with Crippen molar-refractivity contribution in [2.45, 2.75) is 53.4 Å². The van der Waals surface area contributed by atoms with Crippen LogP contribution >= 0.6 is 0 Å². The van der Waals surface area contributed by atoms with Crippen LogP contribution in [-0.2, 0) is 0 Å². The molecule has 0 saturated heterocycles.